The molecule has 0 bridgehead atoms. The van der Waals surface area contributed by atoms with Crippen LogP contribution >= 0.6 is 0 Å². The van der Waals surface area contributed by atoms with Crippen molar-refractivity contribution in [1.82, 2.24) is 14.8 Å². The molecule has 6 nitrogen and oxygen atoms in total. The van der Waals surface area contributed by atoms with Gasteiger partial charge in [-0.1, -0.05) is 0 Å². The highest BCUT2D eigenvalue weighted by molar-refractivity contribution is 5.90. The summed E-state index contributed by atoms with van der Waals surface area (Å²) >= 11 is 0. The van der Waals surface area contributed by atoms with Crippen molar-refractivity contribution in [2.75, 3.05) is 5.73 Å². The van der Waals surface area contributed by atoms with Crippen molar-refractivity contribution in [3.8, 4) is 0 Å². The minimum Gasteiger partial charge on any atom is -0.454 e. The third-order valence-electron chi connectivity index (χ3n) is 3.09. The molecule has 21 heavy (non-hydrogen) atoms. The summed E-state index contributed by atoms with van der Waals surface area (Å²) in [5.74, 6) is -0.662. The fraction of sp³-hybridized carbons (Fsp3) is 0.357. The summed E-state index contributed by atoms with van der Waals surface area (Å²) in [5.41, 5.74) is 6.24. The van der Waals surface area contributed by atoms with Crippen molar-refractivity contribution in [2.45, 2.75) is 33.4 Å². The largest absolute Gasteiger partial charge is 0.454 e. The molecule has 1 heterocycles. The van der Waals surface area contributed by atoms with E-state index in [4.69, 9.17) is 10.5 Å². The van der Waals surface area contributed by atoms with Crippen molar-refractivity contribution in [1.29, 1.82) is 0 Å². The van der Waals surface area contributed by atoms with Gasteiger partial charge in [-0.2, -0.15) is 5.10 Å². The zero-order valence-corrected chi connectivity index (χ0v) is 12.1. The zero-order valence-electron chi connectivity index (χ0n) is 12.1. The number of nitrogens with two attached hydrogens (primary N) is 1. The second-order valence-corrected chi connectivity index (χ2v) is 4.96. The lowest BCUT2D eigenvalue weighted by Gasteiger charge is -2.10. The molecule has 0 amide bonds. The first-order chi connectivity index (χ1) is 9.90. The van der Waals surface area contributed by atoms with E-state index in [0.29, 0.717) is 11.4 Å². The van der Waals surface area contributed by atoms with Crippen LogP contribution in [-0.2, 0) is 11.3 Å². The van der Waals surface area contributed by atoms with E-state index in [-0.39, 0.29) is 23.9 Å². The number of nitrogens with zero attached hydrogens (tertiary/aromatic N) is 3. The normalized spacial score (nSPS) is 10.9. The third-order valence-corrected chi connectivity index (χ3v) is 3.09. The molecular formula is C14H17FN4O2. The lowest BCUT2D eigenvalue weighted by molar-refractivity contribution is 0.0454. The van der Waals surface area contributed by atoms with Crippen LogP contribution in [-0.4, -0.2) is 20.7 Å². The van der Waals surface area contributed by atoms with Gasteiger partial charge in [-0.3, -0.25) is 0 Å². The summed E-state index contributed by atoms with van der Waals surface area (Å²) in [6, 6.07) is 2.61. The van der Waals surface area contributed by atoms with E-state index in [0.717, 1.165) is 6.07 Å². The molecule has 2 N–H and O–H groups in total. The number of anilines is 1. The lowest BCUT2D eigenvalue weighted by Crippen LogP contribution is -2.13. The minimum absolute atomic E-state index is 0.0353. The van der Waals surface area contributed by atoms with Crippen LogP contribution in [0.25, 0.3) is 0 Å². The Morgan fingerprint density at radius 1 is 1.48 bits per heavy atom. The van der Waals surface area contributed by atoms with Gasteiger partial charge in [0.2, 0.25) is 0 Å². The first kappa shape index (κ1) is 15.0. The smallest absolute Gasteiger partial charge is 0.338 e. The van der Waals surface area contributed by atoms with Gasteiger partial charge in [0.25, 0.3) is 0 Å². The number of hydrogen-bond donors (Lipinski definition) is 1. The number of hydrogen-bond acceptors (Lipinski definition) is 5. The SMILES string of the molecule is Cc1c(N)cc(C(=O)OCc2ncnn2C(C)C)cc1F. The van der Waals surface area contributed by atoms with Gasteiger partial charge >= 0.3 is 5.97 Å². The van der Waals surface area contributed by atoms with Crippen LogP contribution in [0.1, 0.15) is 41.6 Å². The Labute approximate surface area is 121 Å². The van der Waals surface area contributed by atoms with E-state index < -0.39 is 11.8 Å². The Kier molecular flexibility index (Phi) is 4.21. The number of rotatable bonds is 4. The van der Waals surface area contributed by atoms with Gasteiger partial charge in [0.15, 0.2) is 12.4 Å². The van der Waals surface area contributed by atoms with Crippen molar-refractivity contribution >= 4 is 11.7 Å². The van der Waals surface area contributed by atoms with Gasteiger partial charge in [0.1, 0.15) is 12.1 Å². The summed E-state index contributed by atoms with van der Waals surface area (Å²) in [7, 11) is 0. The molecule has 0 unspecified atom stereocenters. The monoisotopic (exact) mass is 292 g/mol. The van der Waals surface area contributed by atoms with Crippen LogP contribution in [0.15, 0.2) is 18.5 Å². The molecule has 0 saturated heterocycles. The molecule has 7 heteroatoms. The number of ether oxygens (including phenoxy) is 1. The molecule has 0 atom stereocenters. The molecule has 0 spiro atoms. The molecule has 0 aliphatic rings. The Morgan fingerprint density at radius 2 is 2.19 bits per heavy atom. The second kappa shape index (κ2) is 5.90. The van der Waals surface area contributed by atoms with Crippen molar-refractivity contribution < 1.29 is 13.9 Å². The molecule has 1 aromatic heterocycles. The van der Waals surface area contributed by atoms with Crippen LogP contribution < -0.4 is 5.73 Å². The number of carbonyl (C=O) groups is 1. The van der Waals surface area contributed by atoms with Crippen LogP contribution in [0.4, 0.5) is 10.1 Å². The maximum Gasteiger partial charge on any atom is 0.338 e. The Morgan fingerprint density at radius 3 is 2.81 bits per heavy atom. The van der Waals surface area contributed by atoms with E-state index in [2.05, 4.69) is 10.1 Å². The van der Waals surface area contributed by atoms with Crippen LogP contribution in [0.5, 0.6) is 0 Å². The lowest BCUT2D eigenvalue weighted by atomic mass is 10.1. The highest BCUT2D eigenvalue weighted by Gasteiger charge is 2.15. The molecule has 0 aliphatic carbocycles. The number of halogens is 1. The topological polar surface area (TPSA) is 83.0 Å². The summed E-state index contributed by atoms with van der Waals surface area (Å²) in [5, 5.41) is 4.04. The molecule has 0 saturated carbocycles. The fourth-order valence-corrected chi connectivity index (χ4v) is 1.84. The van der Waals surface area contributed by atoms with Crippen molar-refractivity contribution in [3.05, 3.63) is 41.2 Å². The Balaban J connectivity index is 2.10. The van der Waals surface area contributed by atoms with Crippen LogP contribution in [0.3, 0.4) is 0 Å². The van der Waals surface area contributed by atoms with Crippen LogP contribution in [0.2, 0.25) is 0 Å². The van der Waals surface area contributed by atoms with Gasteiger partial charge in [0.05, 0.1) is 5.56 Å². The number of benzene rings is 1. The van der Waals surface area contributed by atoms with Crippen LogP contribution in [0, 0.1) is 12.7 Å². The number of aromatic nitrogens is 3. The van der Waals surface area contributed by atoms with E-state index in [1.165, 1.54) is 12.4 Å². The van der Waals surface area contributed by atoms with Gasteiger partial charge in [-0.15, -0.1) is 0 Å². The van der Waals surface area contributed by atoms with Gasteiger partial charge in [-0.25, -0.2) is 18.9 Å². The molecule has 2 rings (SSSR count). The Bertz CT molecular complexity index is 644. The van der Waals surface area contributed by atoms with Gasteiger partial charge in [-0.05, 0) is 32.9 Å². The van der Waals surface area contributed by atoms with Gasteiger partial charge in [0, 0.05) is 17.3 Å². The average Bonchev–Trinajstić information content (AvgIpc) is 2.90. The van der Waals surface area contributed by atoms with E-state index >= 15 is 0 Å². The van der Waals surface area contributed by atoms with E-state index in [1.54, 1.807) is 11.6 Å². The quantitative estimate of drug-likeness (QED) is 0.690. The maximum absolute atomic E-state index is 13.6. The average molecular weight is 292 g/mol. The Hall–Kier alpha value is -2.44. The molecule has 1 aromatic carbocycles. The van der Waals surface area contributed by atoms with E-state index in [1.807, 2.05) is 13.8 Å². The molecule has 2 aromatic rings. The maximum atomic E-state index is 13.6. The first-order valence-electron chi connectivity index (χ1n) is 6.51. The number of esters is 1. The fourth-order valence-electron chi connectivity index (χ4n) is 1.84. The predicted octanol–water partition coefficient (Wildman–Crippen LogP) is 2.25. The molecule has 0 fully saturated rings. The van der Waals surface area contributed by atoms with Crippen molar-refractivity contribution in [2.24, 2.45) is 0 Å². The van der Waals surface area contributed by atoms with Gasteiger partial charge < -0.3 is 10.5 Å². The minimum atomic E-state index is -0.654. The summed E-state index contributed by atoms with van der Waals surface area (Å²) < 4.78 is 20.3. The summed E-state index contributed by atoms with van der Waals surface area (Å²) in [6.45, 7) is 5.39. The first-order valence-corrected chi connectivity index (χ1v) is 6.51. The summed E-state index contributed by atoms with van der Waals surface area (Å²) in [4.78, 5) is 16.0. The second-order valence-electron chi connectivity index (χ2n) is 4.96. The molecular weight excluding hydrogens is 275 g/mol. The molecule has 0 aliphatic heterocycles. The molecule has 0 radical (unpaired) electrons. The highest BCUT2D eigenvalue weighted by Crippen LogP contribution is 2.18. The summed E-state index contributed by atoms with van der Waals surface area (Å²) in [6.07, 6.45) is 1.40. The zero-order chi connectivity index (χ0) is 15.6. The number of nitrogen functional groups attached to an aromatic ring is 1. The standard InChI is InChI=1S/C14H17FN4O2/c1-8(2)19-13(17-7-18-19)6-21-14(20)10-4-11(15)9(3)12(16)5-10/h4-5,7-8H,6,16H2,1-3H3. The van der Waals surface area contributed by atoms with Crippen molar-refractivity contribution in [3.63, 3.8) is 0 Å². The number of carbonyl (C=O) groups excluding carboxylic acids is 1. The van der Waals surface area contributed by atoms with E-state index in [9.17, 15) is 9.18 Å². The third kappa shape index (κ3) is 3.18. The highest BCUT2D eigenvalue weighted by atomic mass is 19.1. The molecule has 112 valence electrons. The predicted molar refractivity (Wildman–Crippen MR) is 75.1 cm³/mol.